The molecule has 0 bridgehead atoms. The molecule has 3 nitrogen and oxygen atoms in total. The Bertz CT molecular complexity index is 386. The largest absolute Gasteiger partial charge is 0.383 e. The molecule has 0 radical (unpaired) electrons. The van der Waals surface area contributed by atoms with E-state index >= 15 is 0 Å². The summed E-state index contributed by atoms with van der Waals surface area (Å²) in [6, 6.07) is 7.14. The van der Waals surface area contributed by atoms with Gasteiger partial charge in [-0.15, -0.1) is 0 Å². The maximum Gasteiger partial charge on any atom is 0.0615 e. The predicted octanol–water partition coefficient (Wildman–Crippen LogP) is 3.05. The molecule has 0 aliphatic carbocycles. The van der Waals surface area contributed by atoms with E-state index in [1.807, 2.05) is 0 Å². The minimum atomic E-state index is 0.109. The Morgan fingerprint density at radius 1 is 1.20 bits per heavy atom. The zero-order valence-electron chi connectivity index (χ0n) is 13.6. The first-order valence-electron chi connectivity index (χ1n) is 7.54. The third-order valence-corrected chi connectivity index (χ3v) is 3.84. The molecule has 0 aliphatic rings. The minimum absolute atomic E-state index is 0.109. The van der Waals surface area contributed by atoms with Crippen LogP contribution in [0.4, 0.5) is 0 Å². The first-order chi connectivity index (χ1) is 9.47. The second kappa shape index (κ2) is 8.40. The fourth-order valence-corrected chi connectivity index (χ4v) is 2.73. The van der Waals surface area contributed by atoms with Gasteiger partial charge in [-0.2, -0.15) is 0 Å². The summed E-state index contributed by atoms with van der Waals surface area (Å²) in [7, 11) is 1.76. The van der Waals surface area contributed by atoms with E-state index in [0.29, 0.717) is 6.04 Å². The second-order valence-corrected chi connectivity index (χ2v) is 5.75. The smallest absolute Gasteiger partial charge is 0.0615 e. The van der Waals surface area contributed by atoms with Crippen molar-refractivity contribution in [2.45, 2.75) is 46.2 Å². The van der Waals surface area contributed by atoms with Gasteiger partial charge in [0.25, 0.3) is 0 Å². The third kappa shape index (κ3) is 5.23. The van der Waals surface area contributed by atoms with Crippen LogP contribution < -0.4 is 5.73 Å². The van der Waals surface area contributed by atoms with Crippen molar-refractivity contribution in [3.63, 3.8) is 0 Å². The zero-order chi connectivity index (χ0) is 15.1. The first-order valence-corrected chi connectivity index (χ1v) is 7.54. The SMILES string of the molecule is CCN(CCC(N)c1cc(C)cc(C)c1)C(C)COC. The minimum Gasteiger partial charge on any atom is -0.383 e. The molecule has 1 aromatic carbocycles. The van der Waals surface area contributed by atoms with E-state index in [-0.39, 0.29) is 6.04 Å². The van der Waals surface area contributed by atoms with Gasteiger partial charge >= 0.3 is 0 Å². The van der Waals surface area contributed by atoms with Gasteiger partial charge in [0.15, 0.2) is 0 Å². The van der Waals surface area contributed by atoms with Gasteiger partial charge in [0.05, 0.1) is 6.61 Å². The molecule has 0 saturated carbocycles. The van der Waals surface area contributed by atoms with E-state index in [2.05, 4.69) is 50.8 Å². The molecule has 0 saturated heterocycles. The van der Waals surface area contributed by atoms with Crippen molar-refractivity contribution in [3.8, 4) is 0 Å². The van der Waals surface area contributed by atoms with Gasteiger partial charge in [-0.05, 0) is 39.3 Å². The van der Waals surface area contributed by atoms with Crippen LogP contribution in [-0.4, -0.2) is 37.7 Å². The topological polar surface area (TPSA) is 38.5 Å². The molecule has 114 valence electrons. The lowest BCUT2D eigenvalue weighted by molar-refractivity contribution is 0.101. The van der Waals surface area contributed by atoms with Crippen LogP contribution in [0.25, 0.3) is 0 Å². The van der Waals surface area contributed by atoms with Crippen molar-refractivity contribution in [1.29, 1.82) is 0 Å². The van der Waals surface area contributed by atoms with E-state index < -0.39 is 0 Å². The monoisotopic (exact) mass is 278 g/mol. The Morgan fingerprint density at radius 3 is 2.30 bits per heavy atom. The highest BCUT2D eigenvalue weighted by molar-refractivity contribution is 5.30. The van der Waals surface area contributed by atoms with Gasteiger partial charge in [-0.25, -0.2) is 0 Å². The Kier molecular flexibility index (Phi) is 7.20. The standard InChI is InChI=1S/C17H30N2O/c1-6-19(15(4)12-20-5)8-7-17(18)16-10-13(2)9-14(3)11-16/h9-11,15,17H,6-8,12,18H2,1-5H3. The quantitative estimate of drug-likeness (QED) is 0.794. The lowest BCUT2D eigenvalue weighted by Crippen LogP contribution is -2.37. The lowest BCUT2D eigenvalue weighted by Gasteiger charge is -2.28. The number of ether oxygens (including phenoxy) is 1. The number of hydrogen-bond donors (Lipinski definition) is 1. The van der Waals surface area contributed by atoms with Gasteiger partial charge in [0.2, 0.25) is 0 Å². The molecule has 2 atom stereocenters. The first kappa shape index (κ1) is 17.2. The molecule has 1 aromatic rings. The van der Waals surface area contributed by atoms with Gasteiger partial charge < -0.3 is 10.5 Å². The van der Waals surface area contributed by atoms with Gasteiger partial charge in [-0.1, -0.05) is 36.2 Å². The number of aryl methyl sites for hydroxylation is 2. The van der Waals surface area contributed by atoms with Crippen LogP contribution >= 0.6 is 0 Å². The second-order valence-electron chi connectivity index (χ2n) is 5.75. The number of rotatable bonds is 8. The average Bonchev–Trinajstić information content (AvgIpc) is 2.38. The number of benzene rings is 1. The molecule has 0 spiro atoms. The van der Waals surface area contributed by atoms with Crippen LogP contribution in [0.15, 0.2) is 18.2 Å². The summed E-state index contributed by atoms with van der Waals surface area (Å²) in [5, 5.41) is 0. The average molecular weight is 278 g/mol. The van der Waals surface area contributed by atoms with Crippen molar-refractivity contribution < 1.29 is 4.74 Å². The van der Waals surface area contributed by atoms with E-state index in [1.54, 1.807) is 7.11 Å². The van der Waals surface area contributed by atoms with Crippen LogP contribution in [0.5, 0.6) is 0 Å². The predicted molar refractivity (Wildman–Crippen MR) is 86.0 cm³/mol. The number of methoxy groups -OCH3 is 1. The summed E-state index contributed by atoms with van der Waals surface area (Å²) < 4.78 is 5.24. The number of hydrogen-bond acceptors (Lipinski definition) is 3. The van der Waals surface area contributed by atoms with E-state index in [4.69, 9.17) is 10.5 Å². The summed E-state index contributed by atoms with van der Waals surface area (Å²) in [6.45, 7) is 11.5. The summed E-state index contributed by atoms with van der Waals surface area (Å²) >= 11 is 0. The molecular formula is C17H30N2O. The van der Waals surface area contributed by atoms with Crippen molar-refractivity contribution in [2.24, 2.45) is 5.73 Å². The Labute approximate surface area is 124 Å². The lowest BCUT2D eigenvalue weighted by atomic mass is 9.99. The number of nitrogens with two attached hydrogens (primary N) is 1. The summed E-state index contributed by atoms with van der Waals surface area (Å²) in [4.78, 5) is 2.42. The Hall–Kier alpha value is -0.900. The maximum atomic E-state index is 6.35. The van der Waals surface area contributed by atoms with Crippen molar-refractivity contribution in [2.75, 3.05) is 26.8 Å². The number of nitrogens with zero attached hydrogens (tertiary/aromatic N) is 1. The normalized spacial score (nSPS) is 14.6. The van der Waals surface area contributed by atoms with Gasteiger partial charge in [0, 0.05) is 25.7 Å². The molecule has 0 heterocycles. The van der Waals surface area contributed by atoms with Crippen molar-refractivity contribution in [1.82, 2.24) is 4.90 Å². The molecule has 0 aliphatic heterocycles. The molecule has 2 unspecified atom stereocenters. The molecular weight excluding hydrogens is 248 g/mol. The van der Waals surface area contributed by atoms with Gasteiger partial charge in [0.1, 0.15) is 0 Å². The fraction of sp³-hybridized carbons (Fsp3) is 0.647. The fourth-order valence-electron chi connectivity index (χ4n) is 2.73. The Balaban J connectivity index is 2.58. The molecule has 2 N–H and O–H groups in total. The van der Waals surface area contributed by atoms with Gasteiger partial charge in [-0.3, -0.25) is 4.90 Å². The molecule has 0 amide bonds. The molecule has 3 heteroatoms. The van der Waals surface area contributed by atoms with Crippen LogP contribution in [-0.2, 0) is 4.74 Å². The highest BCUT2D eigenvalue weighted by atomic mass is 16.5. The van der Waals surface area contributed by atoms with E-state index in [0.717, 1.165) is 26.1 Å². The molecule has 0 aromatic heterocycles. The van der Waals surface area contributed by atoms with Crippen LogP contribution in [0.2, 0.25) is 0 Å². The maximum absolute atomic E-state index is 6.35. The van der Waals surface area contributed by atoms with E-state index in [1.165, 1.54) is 16.7 Å². The molecule has 20 heavy (non-hydrogen) atoms. The summed E-state index contributed by atoms with van der Waals surface area (Å²) in [5.74, 6) is 0. The zero-order valence-corrected chi connectivity index (χ0v) is 13.6. The summed E-state index contributed by atoms with van der Waals surface area (Å²) in [6.07, 6.45) is 0.977. The van der Waals surface area contributed by atoms with Crippen molar-refractivity contribution >= 4 is 0 Å². The highest BCUT2D eigenvalue weighted by Crippen LogP contribution is 2.18. The molecule has 1 rings (SSSR count). The van der Waals surface area contributed by atoms with Crippen LogP contribution in [0.3, 0.4) is 0 Å². The third-order valence-electron chi connectivity index (χ3n) is 3.84. The highest BCUT2D eigenvalue weighted by Gasteiger charge is 2.14. The van der Waals surface area contributed by atoms with Crippen molar-refractivity contribution in [3.05, 3.63) is 34.9 Å². The molecule has 0 fully saturated rings. The number of likely N-dealkylation sites (N-methyl/N-ethyl adjacent to an activating group) is 1. The van der Waals surface area contributed by atoms with Crippen LogP contribution in [0.1, 0.15) is 43.0 Å². The summed E-state index contributed by atoms with van der Waals surface area (Å²) in [5.41, 5.74) is 10.2. The van der Waals surface area contributed by atoms with E-state index in [9.17, 15) is 0 Å². The Morgan fingerprint density at radius 2 is 1.80 bits per heavy atom. The van der Waals surface area contributed by atoms with Crippen LogP contribution in [0, 0.1) is 13.8 Å².